The predicted molar refractivity (Wildman–Crippen MR) is 113 cm³/mol. The molecule has 0 spiro atoms. The molecule has 0 amide bonds. The summed E-state index contributed by atoms with van der Waals surface area (Å²) in [6.45, 7) is 5.11. The number of hydrogen-bond acceptors (Lipinski definition) is 7. The Bertz CT molecular complexity index is 1230. The average Bonchev–Trinajstić information content (AvgIpc) is 2.73. The van der Waals surface area contributed by atoms with Crippen molar-refractivity contribution < 1.29 is 13.3 Å². The lowest BCUT2D eigenvalue weighted by Gasteiger charge is -2.35. The highest BCUT2D eigenvalue weighted by Gasteiger charge is 2.31. The molecule has 1 aliphatic rings. The topological polar surface area (TPSA) is 110 Å². The molecule has 9 nitrogen and oxygen atoms in total. The van der Waals surface area contributed by atoms with Crippen LogP contribution >= 0.6 is 0 Å². The number of piperazine rings is 1. The Balaban J connectivity index is 1.60. The molecule has 0 N–H and O–H groups in total. The summed E-state index contributed by atoms with van der Waals surface area (Å²) in [5.41, 5.74) is 2.16. The van der Waals surface area contributed by atoms with Gasteiger partial charge in [-0.15, -0.1) is 0 Å². The lowest BCUT2D eigenvalue weighted by Crippen LogP contribution is -2.49. The molecular formula is C20H21N5O4S. The number of hydrogen-bond donors (Lipinski definition) is 0. The van der Waals surface area contributed by atoms with Gasteiger partial charge in [-0.1, -0.05) is 18.2 Å². The van der Waals surface area contributed by atoms with Gasteiger partial charge in [0.15, 0.2) is 0 Å². The molecule has 2 aromatic carbocycles. The van der Waals surface area contributed by atoms with Crippen LogP contribution in [0.25, 0.3) is 10.9 Å². The van der Waals surface area contributed by atoms with E-state index in [1.54, 1.807) is 6.92 Å². The van der Waals surface area contributed by atoms with E-state index in [4.69, 9.17) is 0 Å². The van der Waals surface area contributed by atoms with Gasteiger partial charge >= 0.3 is 0 Å². The minimum Gasteiger partial charge on any atom is -0.353 e. The van der Waals surface area contributed by atoms with Gasteiger partial charge in [-0.25, -0.2) is 18.4 Å². The Morgan fingerprint density at radius 3 is 2.43 bits per heavy atom. The largest absolute Gasteiger partial charge is 0.353 e. The molecule has 0 bridgehead atoms. The fourth-order valence-corrected chi connectivity index (χ4v) is 5.43. The van der Waals surface area contributed by atoms with Crippen LogP contribution in [0, 0.1) is 24.0 Å². The predicted octanol–water partition coefficient (Wildman–Crippen LogP) is 2.67. The third-order valence-electron chi connectivity index (χ3n) is 5.39. The van der Waals surface area contributed by atoms with E-state index < -0.39 is 14.9 Å². The van der Waals surface area contributed by atoms with Gasteiger partial charge in [0.2, 0.25) is 10.0 Å². The zero-order valence-electron chi connectivity index (χ0n) is 16.6. The normalized spacial score (nSPS) is 15.5. The summed E-state index contributed by atoms with van der Waals surface area (Å²) in [5.74, 6) is 0.793. The number of sulfonamides is 1. The van der Waals surface area contributed by atoms with E-state index in [1.165, 1.54) is 22.8 Å². The van der Waals surface area contributed by atoms with E-state index in [0.717, 1.165) is 28.4 Å². The van der Waals surface area contributed by atoms with Crippen molar-refractivity contribution in [3.8, 4) is 0 Å². The molecule has 3 aromatic rings. The van der Waals surface area contributed by atoms with Crippen LogP contribution in [-0.2, 0) is 10.0 Å². The molecule has 0 saturated carbocycles. The zero-order chi connectivity index (χ0) is 21.5. The number of fused-ring (bicyclic) bond motifs is 1. The lowest BCUT2D eigenvalue weighted by molar-refractivity contribution is -0.385. The smallest absolute Gasteiger partial charge is 0.270 e. The molecule has 1 aliphatic heterocycles. The van der Waals surface area contributed by atoms with Gasteiger partial charge < -0.3 is 4.90 Å². The standard InChI is InChI=1S/C20H21N5O4S/c1-14-6-7-16(25(26)27)12-18(14)30(28,29)24-10-8-23(9-11-24)20-19-15(2)4-3-5-17(19)21-13-22-20/h3-7,12-13H,8-11H2,1-2H3. The highest BCUT2D eigenvalue weighted by atomic mass is 32.2. The van der Waals surface area contributed by atoms with Crippen LogP contribution in [0.15, 0.2) is 47.6 Å². The maximum atomic E-state index is 13.2. The van der Waals surface area contributed by atoms with Crippen LogP contribution in [0.5, 0.6) is 0 Å². The molecular weight excluding hydrogens is 406 g/mol. The highest BCUT2D eigenvalue weighted by Crippen LogP contribution is 2.29. The van der Waals surface area contributed by atoms with Crippen molar-refractivity contribution >= 4 is 32.4 Å². The molecule has 0 aliphatic carbocycles. The number of aryl methyl sites for hydroxylation is 2. The number of benzene rings is 2. The summed E-state index contributed by atoms with van der Waals surface area (Å²) in [4.78, 5) is 21.3. The zero-order valence-corrected chi connectivity index (χ0v) is 17.5. The summed E-state index contributed by atoms with van der Waals surface area (Å²) in [6.07, 6.45) is 1.52. The summed E-state index contributed by atoms with van der Waals surface area (Å²) >= 11 is 0. The van der Waals surface area contributed by atoms with Gasteiger partial charge in [-0.3, -0.25) is 10.1 Å². The molecule has 0 unspecified atom stereocenters. The Morgan fingerprint density at radius 1 is 1.00 bits per heavy atom. The average molecular weight is 427 g/mol. The van der Waals surface area contributed by atoms with Gasteiger partial charge in [-0.2, -0.15) is 4.31 Å². The van der Waals surface area contributed by atoms with Gasteiger partial charge in [-0.05, 0) is 31.0 Å². The lowest BCUT2D eigenvalue weighted by atomic mass is 10.1. The summed E-state index contributed by atoms with van der Waals surface area (Å²) in [6, 6.07) is 9.80. The molecule has 10 heteroatoms. The highest BCUT2D eigenvalue weighted by molar-refractivity contribution is 7.89. The van der Waals surface area contributed by atoms with Gasteiger partial charge in [0.1, 0.15) is 12.1 Å². The van der Waals surface area contributed by atoms with Gasteiger partial charge in [0.05, 0.1) is 15.3 Å². The molecule has 0 atom stereocenters. The Labute approximate surface area is 174 Å². The maximum Gasteiger partial charge on any atom is 0.270 e. The number of nitro benzene ring substituents is 1. The minimum atomic E-state index is -3.84. The van der Waals surface area contributed by atoms with Crippen molar-refractivity contribution in [2.45, 2.75) is 18.7 Å². The van der Waals surface area contributed by atoms with E-state index in [0.29, 0.717) is 18.7 Å². The van der Waals surface area contributed by atoms with Crippen LogP contribution in [0.4, 0.5) is 11.5 Å². The summed E-state index contributed by atoms with van der Waals surface area (Å²) in [7, 11) is -3.84. The molecule has 1 saturated heterocycles. The van der Waals surface area contributed by atoms with Crippen molar-refractivity contribution in [1.29, 1.82) is 0 Å². The van der Waals surface area contributed by atoms with E-state index in [9.17, 15) is 18.5 Å². The number of rotatable bonds is 4. The van der Waals surface area contributed by atoms with Crippen molar-refractivity contribution in [2.24, 2.45) is 0 Å². The fraction of sp³-hybridized carbons (Fsp3) is 0.300. The number of nitro groups is 1. The Kier molecular flexibility index (Phi) is 5.12. The monoisotopic (exact) mass is 427 g/mol. The molecule has 1 aromatic heterocycles. The second-order valence-electron chi connectivity index (χ2n) is 7.26. The van der Waals surface area contributed by atoms with Crippen molar-refractivity contribution in [3.05, 3.63) is 64.0 Å². The van der Waals surface area contributed by atoms with Crippen LogP contribution in [0.2, 0.25) is 0 Å². The minimum absolute atomic E-state index is 0.0199. The van der Waals surface area contributed by atoms with E-state index in [2.05, 4.69) is 14.9 Å². The molecule has 4 rings (SSSR count). The fourth-order valence-electron chi connectivity index (χ4n) is 3.76. The van der Waals surface area contributed by atoms with Crippen LogP contribution < -0.4 is 4.90 Å². The van der Waals surface area contributed by atoms with Crippen molar-refractivity contribution in [2.75, 3.05) is 31.1 Å². The number of nitrogens with zero attached hydrogens (tertiary/aromatic N) is 5. The van der Waals surface area contributed by atoms with E-state index in [-0.39, 0.29) is 23.7 Å². The molecule has 156 valence electrons. The first-order valence-electron chi connectivity index (χ1n) is 9.49. The Hall–Kier alpha value is -3.11. The summed E-state index contributed by atoms with van der Waals surface area (Å²) in [5, 5.41) is 12.0. The summed E-state index contributed by atoms with van der Waals surface area (Å²) < 4.78 is 27.7. The second-order valence-corrected chi connectivity index (χ2v) is 9.17. The van der Waals surface area contributed by atoms with E-state index >= 15 is 0 Å². The van der Waals surface area contributed by atoms with Crippen molar-refractivity contribution in [3.63, 3.8) is 0 Å². The van der Waals surface area contributed by atoms with E-state index in [1.807, 2.05) is 25.1 Å². The first kappa shape index (κ1) is 20.2. The molecule has 0 radical (unpaired) electrons. The first-order chi connectivity index (χ1) is 14.3. The third kappa shape index (κ3) is 3.48. The molecule has 2 heterocycles. The van der Waals surface area contributed by atoms with Crippen LogP contribution in [0.1, 0.15) is 11.1 Å². The number of non-ortho nitro benzene ring substituents is 1. The molecule has 30 heavy (non-hydrogen) atoms. The van der Waals surface area contributed by atoms with Crippen LogP contribution in [-0.4, -0.2) is 53.8 Å². The van der Waals surface area contributed by atoms with Crippen molar-refractivity contribution in [1.82, 2.24) is 14.3 Å². The second kappa shape index (κ2) is 7.62. The Morgan fingerprint density at radius 2 is 1.73 bits per heavy atom. The number of anilines is 1. The quantitative estimate of drug-likeness (QED) is 0.465. The first-order valence-corrected chi connectivity index (χ1v) is 10.9. The number of aromatic nitrogens is 2. The molecule has 1 fully saturated rings. The van der Waals surface area contributed by atoms with Crippen LogP contribution in [0.3, 0.4) is 0 Å². The SMILES string of the molecule is Cc1ccc([N+](=O)[O-])cc1S(=O)(=O)N1CCN(c2ncnc3cccc(C)c23)CC1. The maximum absolute atomic E-state index is 13.2. The van der Waals surface area contributed by atoms with Gasteiger partial charge in [0, 0.05) is 43.7 Å². The van der Waals surface area contributed by atoms with Gasteiger partial charge in [0.25, 0.3) is 5.69 Å². The third-order valence-corrected chi connectivity index (χ3v) is 7.43.